The normalized spacial score (nSPS) is 36.5. The molecule has 3 aliphatic rings. The van der Waals surface area contributed by atoms with Crippen molar-refractivity contribution in [3.8, 4) is 0 Å². The summed E-state index contributed by atoms with van der Waals surface area (Å²) in [4.78, 5) is 28.5. The third-order valence-electron chi connectivity index (χ3n) is 5.66. The Balaban J connectivity index is 1.68. The van der Waals surface area contributed by atoms with E-state index in [1.165, 1.54) is 22.7 Å². The first-order valence-corrected chi connectivity index (χ1v) is 9.60. The number of Topliss-reactive ketones (excluding diaryl/α,β-unsaturated/α-hetero) is 2. The zero-order chi connectivity index (χ0) is 16.9. The zero-order valence-corrected chi connectivity index (χ0v) is 14.6. The zero-order valence-electron chi connectivity index (χ0n) is 13.0. The molecule has 2 aromatic rings. The van der Waals surface area contributed by atoms with Crippen molar-refractivity contribution < 1.29 is 18.4 Å². The molecule has 0 bridgehead atoms. The van der Waals surface area contributed by atoms with E-state index in [4.69, 9.17) is 0 Å². The van der Waals surface area contributed by atoms with E-state index in [1.807, 2.05) is 13.8 Å². The molecule has 6 atom stereocenters. The highest BCUT2D eigenvalue weighted by molar-refractivity contribution is 7.13. The van der Waals surface area contributed by atoms with Gasteiger partial charge in [0.25, 0.3) is 0 Å². The van der Waals surface area contributed by atoms with Gasteiger partial charge in [-0.3, -0.25) is 9.59 Å². The lowest BCUT2D eigenvalue weighted by Gasteiger charge is -2.39. The van der Waals surface area contributed by atoms with Gasteiger partial charge in [0.15, 0.2) is 11.6 Å². The molecule has 2 heterocycles. The van der Waals surface area contributed by atoms with Crippen molar-refractivity contribution in [1.29, 1.82) is 0 Å². The molecule has 0 saturated heterocycles. The summed E-state index contributed by atoms with van der Waals surface area (Å²) in [5.74, 6) is -4.15. The van der Waals surface area contributed by atoms with Crippen molar-refractivity contribution in [2.75, 3.05) is 0 Å². The predicted molar refractivity (Wildman–Crippen MR) is 89.0 cm³/mol. The van der Waals surface area contributed by atoms with E-state index >= 15 is 8.78 Å². The second kappa shape index (κ2) is 4.61. The maximum Gasteiger partial charge on any atom is 0.170 e. The van der Waals surface area contributed by atoms with Gasteiger partial charge in [0.1, 0.15) is 12.3 Å². The molecule has 0 aromatic carbocycles. The molecule has 24 heavy (non-hydrogen) atoms. The van der Waals surface area contributed by atoms with Crippen LogP contribution in [0, 0.1) is 25.7 Å². The van der Waals surface area contributed by atoms with Gasteiger partial charge in [0.2, 0.25) is 0 Å². The molecule has 1 saturated carbocycles. The van der Waals surface area contributed by atoms with Crippen LogP contribution in [0.25, 0.3) is 0 Å². The molecule has 2 nitrogen and oxygen atoms in total. The average molecular weight is 364 g/mol. The Kier molecular flexibility index (Phi) is 2.86. The highest BCUT2D eigenvalue weighted by Crippen LogP contribution is 2.61. The lowest BCUT2D eigenvalue weighted by atomic mass is 9.67. The van der Waals surface area contributed by atoms with Gasteiger partial charge < -0.3 is 0 Å². The fraction of sp³-hybridized carbons (Fsp3) is 0.444. The van der Waals surface area contributed by atoms with Gasteiger partial charge in [0.05, 0.1) is 11.8 Å². The topological polar surface area (TPSA) is 34.1 Å². The van der Waals surface area contributed by atoms with Crippen LogP contribution in [-0.4, -0.2) is 23.9 Å². The molecule has 3 aliphatic carbocycles. The van der Waals surface area contributed by atoms with E-state index in [0.717, 1.165) is 9.75 Å². The monoisotopic (exact) mass is 364 g/mol. The van der Waals surface area contributed by atoms with Crippen LogP contribution in [0.5, 0.6) is 0 Å². The molecule has 2 aromatic heterocycles. The number of halogens is 2. The van der Waals surface area contributed by atoms with Gasteiger partial charge >= 0.3 is 0 Å². The average Bonchev–Trinajstić information content (AvgIpc) is 3.20. The third kappa shape index (κ3) is 1.59. The van der Waals surface area contributed by atoms with E-state index in [0.29, 0.717) is 20.9 Å². The molecule has 0 amide bonds. The Labute approximate surface area is 145 Å². The maximum atomic E-state index is 15.4. The van der Waals surface area contributed by atoms with Crippen LogP contribution in [0.1, 0.15) is 52.1 Å². The summed E-state index contributed by atoms with van der Waals surface area (Å²) >= 11 is 2.72. The van der Waals surface area contributed by atoms with E-state index in [2.05, 4.69) is 0 Å². The van der Waals surface area contributed by atoms with Gasteiger partial charge in [-0.25, -0.2) is 8.78 Å². The summed E-state index contributed by atoms with van der Waals surface area (Å²) in [5, 5.41) is 0. The van der Waals surface area contributed by atoms with Crippen LogP contribution < -0.4 is 0 Å². The minimum Gasteiger partial charge on any atom is -0.294 e. The summed E-state index contributed by atoms with van der Waals surface area (Å²) in [7, 11) is 0. The highest BCUT2D eigenvalue weighted by Gasteiger charge is 2.64. The van der Waals surface area contributed by atoms with Crippen LogP contribution in [0.15, 0.2) is 12.1 Å². The fourth-order valence-electron chi connectivity index (χ4n) is 4.77. The second-order valence-corrected chi connectivity index (χ2v) is 9.57. The molecule has 0 spiro atoms. The molecule has 6 unspecified atom stereocenters. The predicted octanol–water partition coefficient (Wildman–Crippen LogP) is 4.61. The Bertz CT molecular complexity index is 838. The van der Waals surface area contributed by atoms with Gasteiger partial charge in [-0.2, -0.15) is 0 Å². The smallest absolute Gasteiger partial charge is 0.170 e. The number of carbonyl (C=O) groups excluding carboxylic acids is 2. The number of hydrogen-bond acceptors (Lipinski definition) is 4. The van der Waals surface area contributed by atoms with Crippen LogP contribution in [0.2, 0.25) is 0 Å². The molecule has 0 radical (unpaired) electrons. The van der Waals surface area contributed by atoms with E-state index in [9.17, 15) is 9.59 Å². The molecule has 124 valence electrons. The van der Waals surface area contributed by atoms with Crippen LogP contribution >= 0.6 is 22.7 Å². The number of alkyl halides is 2. The third-order valence-corrected chi connectivity index (χ3v) is 7.96. The fourth-order valence-corrected chi connectivity index (χ4v) is 7.19. The van der Waals surface area contributed by atoms with Gasteiger partial charge in [-0.1, -0.05) is 0 Å². The van der Waals surface area contributed by atoms with Crippen LogP contribution in [0.4, 0.5) is 8.78 Å². The number of hydrogen-bond donors (Lipinski definition) is 0. The Hall–Kier alpha value is -1.40. The van der Waals surface area contributed by atoms with Crippen LogP contribution in [0.3, 0.4) is 0 Å². The van der Waals surface area contributed by atoms with E-state index in [1.54, 1.807) is 12.1 Å². The SMILES string of the molecule is Cc1cc2c(s1)C1C(F)C3C(=O)c4cc(C)sc4C3C(F)C1C2=O. The summed E-state index contributed by atoms with van der Waals surface area (Å²) in [5.41, 5.74) is 0.931. The molecule has 6 heteroatoms. The van der Waals surface area contributed by atoms with E-state index < -0.39 is 36.0 Å². The summed E-state index contributed by atoms with van der Waals surface area (Å²) in [6, 6.07) is 3.47. The van der Waals surface area contributed by atoms with Crippen molar-refractivity contribution in [1.82, 2.24) is 0 Å². The minimum absolute atomic E-state index is 0.290. The number of rotatable bonds is 0. The largest absolute Gasteiger partial charge is 0.294 e. The second-order valence-electron chi connectivity index (χ2n) is 6.99. The highest BCUT2D eigenvalue weighted by atomic mass is 32.1. The maximum absolute atomic E-state index is 15.4. The van der Waals surface area contributed by atoms with Gasteiger partial charge in [-0.15, -0.1) is 22.7 Å². The van der Waals surface area contributed by atoms with Crippen molar-refractivity contribution in [2.24, 2.45) is 11.8 Å². The van der Waals surface area contributed by atoms with Crippen molar-refractivity contribution in [2.45, 2.75) is 38.0 Å². The number of aryl methyl sites for hydroxylation is 2. The lowest BCUT2D eigenvalue weighted by Crippen LogP contribution is -2.46. The first-order chi connectivity index (χ1) is 11.4. The van der Waals surface area contributed by atoms with Gasteiger partial charge in [0, 0.05) is 42.5 Å². The Morgan fingerprint density at radius 3 is 1.50 bits per heavy atom. The van der Waals surface area contributed by atoms with Crippen LogP contribution in [-0.2, 0) is 0 Å². The molecule has 0 aliphatic heterocycles. The quantitative estimate of drug-likeness (QED) is 0.684. The first kappa shape index (κ1) is 14.9. The summed E-state index contributed by atoms with van der Waals surface area (Å²) in [6.07, 6.45) is -3.00. The van der Waals surface area contributed by atoms with Crippen molar-refractivity contribution in [3.63, 3.8) is 0 Å². The molecular weight excluding hydrogens is 350 g/mol. The number of thiophene rings is 2. The molecule has 1 fully saturated rings. The standard InChI is InChI=1S/C18H14F2O2S2/c1-5-3-7-15(21)9-11(17(7)23-5)13(19)10-12(14(9)20)18-8(16(10)22)4-6(2)24-18/h3-4,9-14H,1-2H3. The van der Waals surface area contributed by atoms with Crippen molar-refractivity contribution in [3.05, 3.63) is 42.8 Å². The summed E-state index contributed by atoms with van der Waals surface area (Å²) in [6.45, 7) is 3.72. The first-order valence-electron chi connectivity index (χ1n) is 7.97. The van der Waals surface area contributed by atoms with E-state index in [-0.39, 0.29) is 11.6 Å². The number of fused-ring (bicyclic) bond motifs is 6. The molecule has 0 N–H and O–H groups in total. The lowest BCUT2D eigenvalue weighted by molar-refractivity contribution is 0.0241. The Morgan fingerprint density at radius 1 is 0.750 bits per heavy atom. The van der Waals surface area contributed by atoms with Gasteiger partial charge in [-0.05, 0) is 26.0 Å². The molecule has 5 rings (SSSR count). The minimum atomic E-state index is -1.50. The Morgan fingerprint density at radius 2 is 1.12 bits per heavy atom. The summed E-state index contributed by atoms with van der Waals surface area (Å²) < 4.78 is 30.8. The van der Waals surface area contributed by atoms with Crippen molar-refractivity contribution >= 4 is 34.2 Å². The number of carbonyl (C=O) groups is 2. The number of ketones is 2. The molecular formula is C18H14F2O2S2.